The third-order valence-electron chi connectivity index (χ3n) is 3.18. The predicted octanol–water partition coefficient (Wildman–Crippen LogP) is 3.07. The van der Waals surface area contributed by atoms with E-state index in [1.54, 1.807) is 31.4 Å². The molecule has 1 fully saturated rings. The Morgan fingerprint density at radius 2 is 1.85 bits per heavy atom. The fourth-order valence-corrected chi connectivity index (χ4v) is 2.02. The molecule has 1 aliphatic rings. The van der Waals surface area contributed by atoms with Crippen LogP contribution in [0.15, 0.2) is 30.3 Å². The molecule has 2 rings (SSSR count). The highest BCUT2D eigenvalue weighted by molar-refractivity contribution is 5.85. The van der Waals surface area contributed by atoms with E-state index in [1.807, 2.05) is 0 Å². The van der Waals surface area contributed by atoms with Crippen LogP contribution in [0.5, 0.6) is 5.75 Å². The standard InChI is InChI=1S/C10H10O3.C6H13N/c1-13-9-5-2-8(3-6-9)4-7-10(11)12;7-6-4-2-1-3-5-6/h2-7H,1H3,(H,11,12);6H,1-5,7H2/b7-4+;. The second kappa shape index (κ2) is 9.15. The van der Waals surface area contributed by atoms with Crippen molar-refractivity contribution in [2.75, 3.05) is 7.11 Å². The van der Waals surface area contributed by atoms with Gasteiger partial charge in [-0.1, -0.05) is 31.4 Å². The van der Waals surface area contributed by atoms with Crippen LogP contribution in [0.2, 0.25) is 0 Å². The van der Waals surface area contributed by atoms with Crippen molar-refractivity contribution >= 4 is 12.0 Å². The Morgan fingerprint density at radius 3 is 2.25 bits per heavy atom. The number of rotatable bonds is 3. The van der Waals surface area contributed by atoms with Gasteiger partial charge in [0.25, 0.3) is 0 Å². The average molecular weight is 277 g/mol. The average Bonchev–Trinajstić information content (AvgIpc) is 2.47. The van der Waals surface area contributed by atoms with E-state index in [4.69, 9.17) is 15.6 Å². The van der Waals surface area contributed by atoms with Gasteiger partial charge in [0.15, 0.2) is 0 Å². The zero-order chi connectivity index (χ0) is 14.8. The van der Waals surface area contributed by atoms with Crippen LogP contribution in [0.4, 0.5) is 0 Å². The molecule has 0 heterocycles. The van der Waals surface area contributed by atoms with E-state index in [0.29, 0.717) is 6.04 Å². The summed E-state index contributed by atoms with van der Waals surface area (Å²) in [6, 6.07) is 7.67. The van der Waals surface area contributed by atoms with E-state index in [9.17, 15) is 4.79 Å². The minimum absolute atomic E-state index is 0.536. The molecule has 1 aromatic carbocycles. The van der Waals surface area contributed by atoms with Crippen LogP contribution in [0.1, 0.15) is 37.7 Å². The second-order valence-electron chi connectivity index (χ2n) is 4.84. The molecule has 0 amide bonds. The van der Waals surface area contributed by atoms with E-state index in [-0.39, 0.29) is 0 Å². The molecule has 110 valence electrons. The third-order valence-corrected chi connectivity index (χ3v) is 3.18. The lowest BCUT2D eigenvalue weighted by Gasteiger charge is -2.15. The van der Waals surface area contributed by atoms with Crippen molar-refractivity contribution in [1.29, 1.82) is 0 Å². The number of nitrogens with two attached hydrogens (primary N) is 1. The second-order valence-corrected chi connectivity index (χ2v) is 4.84. The molecule has 0 spiro atoms. The van der Waals surface area contributed by atoms with Crippen molar-refractivity contribution in [3.8, 4) is 5.75 Å². The van der Waals surface area contributed by atoms with Gasteiger partial charge in [0.05, 0.1) is 7.11 Å². The maximum absolute atomic E-state index is 10.2. The molecular formula is C16H23NO3. The van der Waals surface area contributed by atoms with Crippen LogP contribution in [-0.2, 0) is 4.79 Å². The summed E-state index contributed by atoms with van der Waals surface area (Å²) < 4.78 is 4.95. The largest absolute Gasteiger partial charge is 0.497 e. The van der Waals surface area contributed by atoms with Crippen molar-refractivity contribution in [3.63, 3.8) is 0 Å². The summed E-state index contributed by atoms with van der Waals surface area (Å²) >= 11 is 0. The van der Waals surface area contributed by atoms with E-state index >= 15 is 0 Å². The number of carboxylic acids is 1. The fourth-order valence-electron chi connectivity index (χ4n) is 2.02. The molecule has 0 aliphatic heterocycles. The van der Waals surface area contributed by atoms with Crippen molar-refractivity contribution in [1.82, 2.24) is 0 Å². The van der Waals surface area contributed by atoms with E-state index < -0.39 is 5.97 Å². The van der Waals surface area contributed by atoms with E-state index in [1.165, 1.54) is 38.2 Å². The minimum Gasteiger partial charge on any atom is -0.497 e. The number of carboxylic acid groups (broad SMARTS) is 1. The monoisotopic (exact) mass is 277 g/mol. The quantitative estimate of drug-likeness (QED) is 0.833. The van der Waals surface area contributed by atoms with Crippen LogP contribution in [-0.4, -0.2) is 24.2 Å². The number of aliphatic carboxylic acids is 1. The van der Waals surface area contributed by atoms with Gasteiger partial charge in [0.1, 0.15) is 5.75 Å². The molecule has 0 atom stereocenters. The van der Waals surface area contributed by atoms with Crippen molar-refractivity contribution in [2.24, 2.45) is 5.73 Å². The van der Waals surface area contributed by atoms with Crippen LogP contribution in [0.3, 0.4) is 0 Å². The molecule has 1 aliphatic carbocycles. The fraction of sp³-hybridized carbons (Fsp3) is 0.438. The summed E-state index contributed by atoms with van der Waals surface area (Å²) in [6.07, 6.45) is 9.29. The van der Waals surface area contributed by atoms with Gasteiger partial charge in [-0.2, -0.15) is 0 Å². The molecule has 4 heteroatoms. The van der Waals surface area contributed by atoms with Crippen molar-refractivity contribution in [3.05, 3.63) is 35.9 Å². The first-order valence-corrected chi connectivity index (χ1v) is 6.92. The third kappa shape index (κ3) is 6.95. The summed E-state index contributed by atoms with van der Waals surface area (Å²) in [6.45, 7) is 0. The topological polar surface area (TPSA) is 72.5 Å². The Labute approximate surface area is 120 Å². The number of carbonyl (C=O) groups is 1. The maximum Gasteiger partial charge on any atom is 0.328 e. The minimum atomic E-state index is -0.948. The first-order valence-electron chi connectivity index (χ1n) is 6.92. The van der Waals surface area contributed by atoms with Gasteiger partial charge >= 0.3 is 5.97 Å². The first kappa shape index (κ1) is 16.2. The Balaban J connectivity index is 0.000000240. The predicted molar refractivity (Wildman–Crippen MR) is 80.7 cm³/mol. The number of benzene rings is 1. The van der Waals surface area contributed by atoms with Gasteiger partial charge in [-0.15, -0.1) is 0 Å². The molecule has 1 aromatic rings. The van der Waals surface area contributed by atoms with Crippen molar-refractivity contribution < 1.29 is 14.6 Å². The summed E-state index contributed by atoms with van der Waals surface area (Å²) in [5.41, 5.74) is 6.47. The Hall–Kier alpha value is -1.81. The Bertz CT molecular complexity index is 420. The Kier molecular flexibility index (Phi) is 7.43. The number of hydrogen-bond acceptors (Lipinski definition) is 3. The molecule has 20 heavy (non-hydrogen) atoms. The van der Waals surface area contributed by atoms with Gasteiger partial charge in [-0.25, -0.2) is 4.79 Å². The van der Waals surface area contributed by atoms with Gasteiger partial charge in [0, 0.05) is 12.1 Å². The van der Waals surface area contributed by atoms with Gasteiger partial charge in [-0.05, 0) is 36.6 Å². The number of methoxy groups -OCH3 is 1. The molecule has 0 aromatic heterocycles. The van der Waals surface area contributed by atoms with Crippen LogP contribution < -0.4 is 10.5 Å². The smallest absolute Gasteiger partial charge is 0.328 e. The summed E-state index contributed by atoms with van der Waals surface area (Å²) in [4.78, 5) is 10.2. The highest BCUT2D eigenvalue weighted by atomic mass is 16.5. The molecule has 3 N–H and O–H groups in total. The number of ether oxygens (including phenoxy) is 1. The lowest BCUT2D eigenvalue weighted by molar-refractivity contribution is -0.131. The van der Waals surface area contributed by atoms with E-state index in [2.05, 4.69) is 0 Å². The first-order chi connectivity index (χ1) is 9.61. The number of hydrogen-bond donors (Lipinski definition) is 2. The highest BCUT2D eigenvalue weighted by Crippen LogP contribution is 2.14. The lowest BCUT2D eigenvalue weighted by atomic mass is 9.97. The Morgan fingerprint density at radius 1 is 1.25 bits per heavy atom. The van der Waals surface area contributed by atoms with Crippen LogP contribution in [0, 0.1) is 0 Å². The van der Waals surface area contributed by atoms with Crippen LogP contribution >= 0.6 is 0 Å². The molecular weight excluding hydrogens is 254 g/mol. The normalized spacial score (nSPS) is 15.5. The highest BCUT2D eigenvalue weighted by Gasteiger charge is 2.06. The molecule has 1 saturated carbocycles. The summed E-state index contributed by atoms with van der Waals surface area (Å²) in [5, 5.41) is 8.36. The van der Waals surface area contributed by atoms with Gasteiger partial charge < -0.3 is 15.6 Å². The molecule has 0 unspecified atom stereocenters. The zero-order valence-corrected chi connectivity index (χ0v) is 11.9. The SMILES string of the molecule is COc1ccc(/C=C/C(=O)O)cc1.NC1CCCCC1. The maximum atomic E-state index is 10.2. The molecule has 0 saturated heterocycles. The zero-order valence-electron chi connectivity index (χ0n) is 11.9. The molecule has 4 nitrogen and oxygen atoms in total. The van der Waals surface area contributed by atoms with Gasteiger partial charge in [0.2, 0.25) is 0 Å². The lowest BCUT2D eigenvalue weighted by Crippen LogP contribution is -2.22. The molecule has 0 bridgehead atoms. The summed E-state index contributed by atoms with van der Waals surface area (Å²) in [5.74, 6) is -0.191. The van der Waals surface area contributed by atoms with E-state index in [0.717, 1.165) is 17.4 Å². The summed E-state index contributed by atoms with van der Waals surface area (Å²) in [7, 11) is 1.59. The van der Waals surface area contributed by atoms with Gasteiger partial charge in [-0.3, -0.25) is 0 Å². The van der Waals surface area contributed by atoms with Crippen LogP contribution in [0.25, 0.3) is 6.08 Å². The van der Waals surface area contributed by atoms with Crippen molar-refractivity contribution in [2.45, 2.75) is 38.1 Å². The molecule has 0 radical (unpaired) electrons.